The summed E-state index contributed by atoms with van der Waals surface area (Å²) >= 11 is 1.76. The molecule has 6 nitrogen and oxygen atoms in total. The van der Waals surface area contributed by atoms with E-state index >= 15 is 0 Å². The Hall–Kier alpha value is -2.38. The molecule has 1 saturated heterocycles. The van der Waals surface area contributed by atoms with Crippen molar-refractivity contribution >= 4 is 29.1 Å². The first-order valence-electron chi connectivity index (χ1n) is 12.5. The molecule has 4 rings (SSSR count). The highest BCUT2D eigenvalue weighted by Crippen LogP contribution is 2.29. The summed E-state index contributed by atoms with van der Waals surface area (Å²) in [6.07, 6.45) is 7.14. The number of hydrogen-bond acceptors (Lipinski definition) is 5. The van der Waals surface area contributed by atoms with Gasteiger partial charge < -0.3 is 25.6 Å². The van der Waals surface area contributed by atoms with Crippen LogP contribution in [0.4, 0.5) is 11.4 Å². The van der Waals surface area contributed by atoms with Crippen LogP contribution in [0.5, 0.6) is 5.75 Å². The van der Waals surface area contributed by atoms with Crippen LogP contribution in [0.25, 0.3) is 0 Å². The maximum atomic E-state index is 5.98. The Labute approximate surface area is 208 Å². The molecule has 0 spiro atoms. The standard InChI is InChI=1S/C27H39N5OS/c1-33-24-10-6-9-23(18-24)31-13-15-32(16-14-31)27(30-25-11-3-4-12-26(25)34-2)29-20-22-8-5-7-21(17-22)19-28/h3-4,6,9-12,18,21-22H,5,7-8,13-17,19-20,28H2,1-2H3,(H,29,30). The summed E-state index contributed by atoms with van der Waals surface area (Å²) in [5, 5.41) is 3.70. The Kier molecular flexibility index (Phi) is 8.99. The average Bonchev–Trinajstić information content (AvgIpc) is 2.91. The molecule has 2 atom stereocenters. The van der Waals surface area contributed by atoms with Gasteiger partial charge in [0.05, 0.1) is 12.8 Å². The molecule has 184 valence electrons. The number of piperazine rings is 1. The molecule has 0 aromatic heterocycles. The van der Waals surface area contributed by atoms with Crippen LogP contribution in [0.1, 0.15) is 25.7 Å². The zero-order valence-corrected chi connectivity index (χ0v) is 21.4. The molecule has 1 saturated carbocycles. The Bertz CT molecular complexity index is 944. The van der Waals surface area contributed by atoms with Crippen molar-refractivity contribution in [3.63, 3.8) is 0 Å². The van der Waals surface area contributed by atoms with Gasteiger partial charge in [0.1, 0.15) is 5.75 Å². The molecule has 7 heteroatoms. The van der Waals surface area contributed by atoms with Crippen molar-refractivity contribution in [2.45, 2.75) is 30.6 Å². The predicted octanol–water partition coefficient (Wildman–Crippen LogP) is 4.77. The first-order valence-corrected chi connectivity index (χ1v) is 13.7. The molecule has 1 aliphatic carbocycles. The van der Waals surface area contributed by atoms with Crippen LogP contribution in [0, 0.1) is 11.8 Å². The van der Waals surface area contributed by atoms with E-state index in [-0.39, 0.29) is 0 Å². The molecule has 2 aromatic rings. The van der Waals surface area contributed by atoms with Gasteiger partial charge in [-0.1, -0.05) is 24.6 Å². The molecule has 0 radical (unpaired) electrons. The van der Waals surface area contributed by atoms with Gasteiger partial charge in [-0.3, -0.25) is 4.99 Å². The molecular weight excluding hydrogens is 442 g/mol. The minimum atomic E-state index is 0.632. The van der Waals surface area contributed by atoms with Gasteiger partial charge in [0, 0.05) is 49.4 Å². The molecule has 2 fully saturated rings. The smallest absolute Gasteiger partial charge is 0.198 e. The van der Waals surface area contributed by atoms with E-state index in [0.717, 1.165) is 56.7 Å². The Morgan fingerprint density at radius 3 is 2.65 bits per heavy atom. The van der Waals surface area contributed by atoms with Crippen LogP contribution in [0.15, 0.2) is 58.4 Å². The van der Waals surface area contributed by atoms with E-state index in [4.69, 9.17) is 15.5 Å². The molecule has 2 unspecified atom stereocenters. The first kappa shape index (κ1) is 24.7. The summed E-state index contributed by atoms with van der Waals surface area (Å²) in [6, 6.07) is 16.8. The predicted molar refractivity (Wildman–Crippen MR) is 145 cm³/mol. The number of ether oxygens (including phenoxy) is 1. The molecule has 2 aromatic carbocycles. The minimum Gasteiger partial charge on any atom is -0.497 e. The summed E-state index contributed by atoms with van der Waals surface area (Å²) in [4.78, 5) is 11.3. The lowest BCUT2D eigenvalue weighted by atomic mass is 9.81. The van der Waals surface area contributed by atoms with Crippen molar-refractivity contribution in [2.75, 3.05) is 62.9 Å². The average molecular weight is 482 g/mol. The maximum absolute atomic E-state index is 5.98. The zero-order valence-electron chi connectivity index (χ0n) is 20.6. The highest BCUT2D eigenvalue weighted by Gasteiger charge is 2.24. The number of aliphatic imine (C=N–C) groups is 1. The minimum absolute atomic E-state index is 0.632. The van der Waals surface area contributed by atoms with Gasteiger partial charge in [-0.2, -0.15) is 0 Å². The number of nitrogens with one attached hydrogen (secondary N) is 1. The van der Waals surface area contributed by atoms with Crippen LogP contribution in [0.2, 0.25) is 0 Å². The van der Waals surface area contributed by atoms with E-state index in [1.807, 2.05) is 6.07 Å². The number of thioether (sulfide) groups is 1. The van der Waals surface area contributed by atoms with Crippen molar-refractivity contribution in [1.29, 1.82) is 0 Å². The van der Waals surface area contributed by atoms with Crippen LogP contribution < -0.4 is 20.7 Å². The van der Waals surface area contributed by atoms with E-state index < -0.39 is 0 Å². The van der Waals surface area contributed by atoms with Crippen molar-refractivity contribution in [3.05, 3.63) is 48.5 Å². The summed E-state index contributed by atoms with van der Waals surface area (Å²) in [7, 11) is 1.72. The van der Waals surface area contributed by atoms with E-state index in [9.17, 15) is 0 Å². The Morgan fingerprint density at radius 1 is 1.09 bits per heavy atom. The summed E-state index contributed by atoms with van der Waals surface area (Å²) in [5.41, 5.74) is 8.33. The molecular formula is C27H39N5OS. The van der Waals surface area contributed by atoms with E-state index in [0.29, 0.717) is 11.8 Å². The van der Waals surface area contributed by atoms with Crippen molar-refractivity contribution in [3.8, 4) is 5.75 Å². The summed E-state index contributed by atoms with van der Waals surface area (Å²) in [6.45, 7) is 5.45. The lowest BCUT2D eigenvalue weighted by Crippen LogP contribution is -2.51. The van der Waals surface area contributed by atoms with Gasteiger partial charge in [0.15, 0.2) is 5.96 Å². The third-order valence-corrected chi connectivity index (χ3v) is 7.87. The fourth-order valence-electron chi connectivity index (χ4n) is 5.07. The number of guanidine groups is 1. The summed E-state index contributed by atoms with van der Waals surface area (Å²) < 4.78 is 5.42. The highest BCUT2D eigenvalue weighted by molar-refractivity contribution is 7.98. The number of nitrogens with two attached hydrogens (primary N) is 1. The number of nitrogens with zero attached hydrogens (tertiary/aromatic N) is 3. The topological polar surface area (TPSA) is 66.1 Å². The fourth-order valence-corrected chi connectivity index (χ4v) is 5.62. The first-order chi connectivity index (χ1) is 16.7. The Balaban J connectivity index is 1.47. The molecule has 34 heavy (non-hydrogen) atoms. The van der Waals surface area contributed by atoms with Gasteiger partial charge in [0.2, 0.25) is 0 Å². The number of para-hydroxylation sites is 1. The highest BCUT2D eigenvalue weighted by atomic mass is 32.2. The van der Waals surface area contributed by atoms with E-state index in [1.165, 1.54) is 36.3 Å². The van der Waals surface area contributed by atoms with Gasteiger partial charge >= 0.3 is 0 Å². The molecule has 3 N–H and O–H groups in total. The van der Waals surface area contributed by atoms with Crippen LogP contribution >= 0.6 is 11.8 Å². The molecule has 1 aliphatic heterocycles. The van der Waals surface area contributed by atoms with Gasteiger partial charge in [0.25, 0.3) is 0 Å². The number of hydrogen-bond donors (Lipinski definition) is 2. The zero-order chi connectivity index (χ0) is 23.8. The van der Waals surface area contributed by atoms with Crippen LogP contribution in [0.3, 0.4) is 0 Å². The van der Waals surface area contributed by atoms with Crippen molar-refractivity contribution in [1.82, 2.24) is 4.90 Å². The molecule has 0 bridgehead atoms. The van der Waals surface area contributed by atoms with Crippen molar-refractivity contribution in [2.24, 2.45) is 22.6 Å². The van der Waals surface area contributed by atoms with E-state index in [2.05, 4.69) is 63.8 Å². The quantitative estimate of drug-likeness (QED) is 0.337. The Morgan fingerprint density at radius 2 is 1.88 bits per heavy atom. The second-order valence-electron chi connectivity index (χ2n) is 9.30. The second-order valence-corrected chi connectivity index (χ2v) is 10.1. The number of rotatable bonds is 7. The maximum Gasteiger partial charge on any atom is 0.198 e. The lowest BCUT2D eigenvalue weighted by molar-refractivity contribution is 0.276. The lowest BCUT2D eigenvalue weighted by Gasteiger charge is -2.38. The monoisotopic (exact) mass is 481 g/mol. The van der Waals surface area contributed by atoms with Gasteiger partial charge in [-0.15, -0.1) is 11.8 Å². The third-order valence-electron chi connectivity index (χ3n) is 7.08. The SMILES string of the molecule is COc1cccc(N2CCN(C(=NCC3CCCC(CN)C3)Nc3ccccc3SC)CC2)c1. The van der Waals surface area contributed by atoms with Crippen molar-refractivity contribution < 1.29 is 4.74 Å². The number of anilines is 2. The summed E-state index contributed by atoms with van der Waals surface area (Å²) in [5.74, 6) is 3.20. The third kappa shape index (κ3) is 6.39. The molecule has 1 heterocycles. The van der Waals surface area contributed by atoms with Gasteiger partial charge in [-0.05, 0) is 68.2 Å². The fraction of sp³-hybridized carbons (Fsp3) is 0.519. The van der Waals surface area contributed by atoms with Gasteiger partial charge in [-0.25, -0.2) is 0 Å². The number of methoxy groups -OCH3 is 1. The van der Waals surface area contributed by atoms with Crippen LogP contribution in [-0.2, 0) is 0 Å². The number of benzene rings is 2. The largest absolute Gasteiger partial charge is 0.497 e. The van der Waals surface area contributed by atoms with E-state index in [1.54, 1.807) is 18.9 Å². The second kappa shape index (κ2) is 12.4. The molecule has 2 aliphatic rings. The van der Waals surface area contributed by atoms with Crippen LogP contribution in [-0.4, -0.2) is 63.5 Å². The normalized spacial score (nSPS) is 21.4. The molecule has 0 amide bonds.